The maximum atomic E-state index is 13.6. The van der Waals surface area contributed by atoms with Crippen LogP contribution < -0.4 is 16.0 Å². The Balaban J connectivity index is 1.26. The number of amides is 1. The fraction of sp³-hybridized carbons (Fsp3) is 0.286. The predicted octanol–water partition coefficient (Wildman–Crippen LogP) is 5.76. The smallest absolute Gasteiger partial charge is 0.237 e. The predicted molar refractivity (Wildman–Crippen MR) is 161 cm³/mol. The second kappa shape index (κ2) is 11.6. The first-order valence-corrected chi connectivity index (χ1v) is 14.4. The van der Waals surface area contributed by atoms with Gasteiger partial charge in [-0.05, 0) is 95.7 Å². The van der Waals surface area contributed by atoms with Crippen molar-refractivity contribution in [1.29, 1.82) is 0 Å². The number of anilines is 1. The summed E-state index contributed by atoms with van der Waals surface area (Å²) < 4.78 is 0. The van der Waals surface area contributed by atoms with Crippen LogP contribution in [0.15, 0.2) is 84.9 Å². The molecule has 2 atom stereocenters. The molecule has 40 heavy (non-hydrogen) atoms. The number of hydrogen-bond acceptors (Lipinski definition) is 4. The van der Waals surface area contributed by atoms with Crippen LogP contribution in [0.2, 0.25) is 0 Å². The zero-order chi connectivity index (χ0) is 27.5. The molecule has 1 amide bonds. The summed E-state index contributed by atoms with van der Waals surface area (Å²) in [5, 5.41) is 20.5. The van der Waals surface area contributed by atoms with Crippen LogP contribution in [0.4, 0.5) is 5.69 Å². The van der Waals surface area contributed by atoms with E-state index in [1.807, 2.05) is 6.92 Å². The average Bonchev–Trinajstić information content (AvgIpc) is 2.97. The monoisotopic (exact) mass is 531 g/mol. The summed E-state index contributed by atoms with van der Waals surface area (Å²) in [4.78, 5) is 13.6. The topological polar surface area (TPSA) is 73.4 Å². The van der Waals surface area contributed by atoms with E-state index in [9.17, 15) is 9.90 Å². The van der Waals surface area contributed by atoms with E-state index in [2.05, 4.69) is 88.7 Å². The first kappa shape index (κ1) is 26.1. The molecule has 2 aliphatic heterocycles. The van der Waals surface area contributed by atoms with Crippen LogP contribution in [0.1, 0.15) is 57.0 Å². The van der Waals surface area contributed by atoms with Gasteiger partial charge in [-0.2, -0.15) is 0 Å². The summed E-state index contributed by atoms with van der Waals surface area (Å²) in [6, 6.07) is 29.1. The molecule has 0 aromatic heterocycles. The fourth-order valence-electron chi connectivity index (χ4n) is 6.27. The Kier molecular flexibility index (Phi) is 7.56. The van der Waals surface area contributed by atoms with Crippen molar-refractivity contribution in [3.8, 4) is 5.75 Å². The molecular weight excluding hydrogens is 494 g/mol. The molecule has 4 aromatic carbocycles. The highest BCUT2D eigenvalue weighted by Gasteiger charge is 2.30. The molecule has 2 unspecified atom stereocenters. The molecule has 0 spiro atoms. The number of aryl methyl sites for hydroxylation is 3. The highest BCUT2D eigenvalue weighted by molar-refractivity contribution is 5.83. The lowest BCUT2D eigenvalue weighted by atomic mass is 9.88. The molecule has 5 nitrogen and oxygen atoms in total. The minimum Gasteiger partial charge on any atom is -0.508 e. The van der Waals surface area contributed by atoms with Crippen molar-refractivity contribution in [2.45, 2.75) is 57.7 Å². The minimum absolute atomic E-state index is 0.0373. The van der Waals surface area contributed by atoms with Crippen LogP contribution in [0.3, 0.4) is 0 Å². The van der Waals surface area contributed by atoms with Crippen molar-refractivity contribution >= 4 is 11.6 Å². The van der Waals surface area contributed by atoms with Crippen molar-refractivity contribution < 1.29 is 9.90 Å². The van der Waals surface area contributed by atoms with Crippen LogP contribution in [-0.2, 0) is 37.0 Å². The number of hydrogen-bond donors (Lipinski definition) is 4. The van der Waals surface area contributed by atoms with Gasteiger partial charge in [-0.1, -0.05) is 72.8 Å². The van der Waals surface area contributed by atoms with Gasteiger partial charge >= 0.3 is 0 Å². The number of nitrogens with one attached hydrogen (secondary N) is 3. The van der Waals surface area contributed by atoms with Gasteiger partial charge in [-0.15, -0.1) is 0 Å². The number of fused-ring (bicyclic) bond motifs is 2. The van der Waals surface area contributed by atoms with Gasteiger partial charge in [0.25, 0.3) is 0 Å². The van der Waals surface area contributed by atoms with Gasteiger partial charge in [0.2, 0.25) is 5.91 Å². The Labute approximate surface area is 236 Å². The zero-order valence-corrected chi connectivity index (χ0v) is 23.0. The maximum Gasteiger partial charge on any atom is 0.237 e. The number of phenols is 1. The van der Waals surface area contributed by atoms with E-state index in [-0.39, 0.29) is 23.7 Å². The molecule has 0 aliphatic carbocycles. The highest BCUT2D eigenvalue weighted by atomic mass is 16.3. The van der Waals surface area contributed by atoms with E-state index in [1.165, 1.54) is 33.5 Å². The number of carbonyl (C=O) groups excluding carboxylic acids is 1. The summed E-state index contributed by atoms with van der Waals surface area (Å²) in [7, 11) is 0. The standard InChI is InChI=1S/C35H37N3O2/c1-23-16-29(39)20-28-22-37-33(21-30(23)28)35(40)38-32-14-15-36-34-27(13-12-24-8-4-2-5-9-24)18-26(19-31(32)34)17-25-10-6-3-7-11-25/h2-11,16,18-20,32-33,36-37,39H,12-15,17,21-22H2,1H3,(H,38,40). The normalized spacial score (nSPS) is 17.8. The molecular formula is C35H37N3O2. The largest absolute Gasteiger partial charge is 0.508 e. The van der Waals surface area contributed by atoms with E-state index in [0.717, 1.165) is 48.9 Å². The van der Waals surface area contributed by atoms with Crippen LogP contribution >= 0.6 is 0 Å². The Morgan fingerprint density at radius 3 is 2.45 bits per heavy atom. The SMILES string of the molecule is Cc1cc(O)cc2c1CC(C(=O)NC1CCNc3c(CCc4ccccc4)cc(Cc4ccccc4)cc31)NC2. The second-order valence-corrected chi connectivity index (χ2v) is 11.2. The van der Waals surface area contributed by atoms with Gasteiger partial charge < -0.3 is 21.1 Å². The number of aromatic hydroxyl groups is 1. The molecule has 4 N–H and O–H groups in total. The molecule has 6 rings (SSSR count). The molecule has 5 heteroatoms. The highest BCUT2D eigenvalue weighted by Crippen LogP contribution is 2.36. The molecule has 4 aromatic rings. The number of carbonyl (C=O) groups is 1. The van der Waals surface area contributed by atoms with E-state index in [4.69, 9.17) is 0 Å². The summed E-state index contributed by atoms with van der Waals surface area (Å²) in [6.45, 7) is 3.41. The lowest BCUT2D eigenvalue weighted by Gasteiger charge is -2.33. The summed E-state index contributed by atoms with van der Waals surface area (Å²) in [6.07, 6.45) is 4.25. The van der Waals surface area contributed by atoms with Gasteiger partial charge in [-0.3, -0.25) is 4.79 Å². The Morgan fingerprint density at radius 1 is 0.925 bits per heavy atom. The average molecular weight is 532 g/mol. The third-order valence-corrected chi connectivity index (χ3v) is 8.33. The summed E-state index contributed by atoms with van der Waals surface area (Å²) in [5.74, 6) is 0.317. The van der Waals surface area contributed by atoms with Crippen molar-refractivity contribution in [3.05, 3.63) is 129 Å². The van der Waals surface area contributed by atoms with E-state index in [1.54, 1.807) is 12.1 Å². The number of phenolic OH excluding ortho intramolecular Hbond substituents is 1. The summed E-state index contributed by atoms with van der Waals surface area (Å²) in [5.41, 5.74) is 10.8. The first-order valence-electron chi connectivity index (χ1n) is 14.4. The minimum atomic E-state index is -0.292. The summed E-state index contributed by atoms with van der Waals surface area (Å²) >= 11 is 0. The lowest BCUT2D eigenvalue weighted by molar-refractivity contribution is -0.124. The Morgan fingerprint density at radius 2 is 1.68 bits per heavy atom. The second-order valence-electron chi connectivity index (χ2n) is 11.2. The molecule has 0 saturated carbocycles. The molecule has 2 aliphatic rings. The van der Waals surface area contributed by atoms with Crippen LogP contribution in [0.5, 0.6) is 5.75 Å². The van der Waals surface area contributed by atoms with Crippen molar-refractivity contribution in [2.24, 2.45) is 0 Å². The quantitative estimate of drug-likeness (QED) is 0.245. The molecule has 0 saturated heterocycles. The van der Waals surface area contributed by atoms with Crippen molar-refractivity contribution in [1.82, 2.24) is 10.6 Å². The van der Waals surface area contributed by atoms with E-state index < -0.39 is 0 Å². The zero-order valence-electron chi connectivity index (χ0n) is 23.0. The molecule has 2 heterocycles. The lowest BCUT2D eigenvalue weighted by Crippen LogP contribution is -2.49. The number of rotatable bonds is 7. The first-order chi connectivity index (χ1) is 19.5. The van der Waals surface area contributed by atoms with E-state index in [0.29, 0.717) is 13.0 Å². The van der Waals surface area contributed by atoms with Crippen LogP contribution in [-0.4, -0.2) is 23.6 Å². The fourth-order valence-corrected chi connectivity index (χ4v) is 6.27. The van der Waals surface area contributed by atoms with Gasteiger partial charge in [0.1, 0.15) is 5.75 Å². The van der Waals surface area contributed by atoms with Gasteiger partial charge in [0.05, 0.1) is 12.1 Å². The maximum absolute atomic E-state index is 13.6. The van der Waals surface area contributed by atoms with Crippen LogP contribution in [0, 0.1) is 6.92 Å². The van der Waals surface area contributed by atoms with Crippen LogP contribution in [0.25, 0.3) is 0 Å². The third kappa shape index (κ3) is 5.75. The van der Waals surface area contributed by atoms with Gasteiger partial charge in [-0.25, -0.2) is 0 Å². The molecule has 0 fully saturated rings. The molecule has 204 valence electrons. The third-order valence-electron chi connectivity index (χ3n) is 8.33. The number of benzene rings is 4. The Hall–Kier alpha value is -4.09. The van der Waals surface area contributed by atoms with E-state index >= 15 is 0 Å². The van der Waals surface area contributed by atoms with Crippen molar-refractivity contribution in [2.75, 3.05) is 11.9 Å². The molecule has 0 bridgehead atoms. The Bertz CT molecular complexity index is 1500. The van der Waals surface area contributed by atoms with Gasteiger partial charge in [0, 0.05) is 18.8 Å². The van der Waals surface area contributed by atoms with Gasteiger partial charge in [0.15, 0.2) is 0 Å². The molecule has 0 radical (unpaired) electrons. The van der Waals surface area contributed by atoms with Crippen molar-refractivity contribution in [3.63, 3.8) is 0 Å².